The molecule has 0 amide bonds. The van der Waals surface area contributed by atoms with Crippen LogP contribution in [0.1, 0.15) is 23.7 Å². The number of rotatable bonds is 4. The van der Waals surface area contributed by atoms with Crippen molar-refractivity contribution in [1.82, 2.24) is 5.32 Å². The molecule has 0 saturated carbocycles. The van der Waals surface area contributed by atoms with Gasteiger partial charge in [-0.3, -0.25) is 4.79 Å². The highest BCUT2D eigenvalue weighted by atomic mass is 35.5. The van der Waals surface area contributed by atoms with Crippen LogP contribution in [0.3, 0.4) is 0 Å². The number of carbonyl (C=O) groups is 1. The zero-order valence-corrected chi connectivity index (χ0v) is 9.30. The Bertz CT molecular complexity index is 274. The molecule has 1 unspecified atom stereocenters. The van der Waals surface area contributed by atoms with Gasteiger partial charge in [0.25, 0.3) is 0 Å². The molecular formula is C11H16ClNO. The maximum atomic E-state index is 11.6. The Morgan fingerprint density at radius 1 is 1.36 bits per heavy atom. The molecule has 0 saturated heterocycles. The third-order valence-electron chi connectivity index (χ3n) is 2.08. The van der Waals surface area contributed by atoms with Gasteiger partial charge in [-0.2, -0.15) is 0 Å². The molecule has 14 heavy (non-hydrogen) atoms. The van der Waals surface area contributed by atoms with E-state index in [1.807, 2.05) is 44.3 Å². The lowest BCUT2D eigenvalue weighted by atomic mass is 10.1. The van der Waals surface area contributed by atoms with Crippen LogP contribution in [0.15, 0.2) is 30.3 Å². The second-order valence-electron chi connectivity index (χ2n) is 3.18. The molecule has 0 aliphatic heterocycles. The number of carbonyl (C=O) groups excluding carboxylic acids is 1. The molecule has 0 heterocycles. The highest BCUT2D eigenvalue weighted by Gasteiger charge is 2.08. The normalized spacial score (nSPS) is 11.6. The van der Waals surface area contributed by atoms with Crippen LogP contribution >= 0.6 is 12.4 Å². The topological polar surface area (TPSA) is 29.1 Å². The number of halogens is 1. The number of nitrogens with one attached hydrogen (secondary N) is 1. The third kappa shape index (κ3) is 3.90. The number of hydrogen-bond donors (Lipinski definition) is 1. The van der Waals surface area contributed by atoms with Gasteiger partial charge in [0.05, 0.1) is 0 Å². The Morgan fingerprint density at radius 3 is 2.43 bits per heavy atom. The zero-order chi connectivity index (χ0) is 9.68. The molecule has 0 aromatic heterocycles. The Hall–Kier alpha value is -0.860. The number of ketones is 1. The minimum absolute atomic E-state index is 0. The minimum Gasteiger partial charge on any atom is -0.317 e. The molecule has 0 spiro atoms. The predicted octanol–water partition coefficient (Wildman–Crippen LogP) is 2.29. The van der Waals surface area contributed by atoms with Crippen LogP contribution in [-0.2, 0) is 0 Å². The second-order valence-corrected chi connectivity index (χ2v) is 3.18. The van der Waals surface area contributed by atoms with E-state index in [0.717, 1.165) is 5.56 Å². The van der Waals surface area contributed by atoms with Crippen LogP contribution in [0.5, 0.6) is 0 Å². The Kier molecular flexibility index (Phi) is 6.17. The lowest BCUT2D eigenvalue weighted by molar-refractivity contribution is 0.0972. The summed E-state index contributed by atoms with van der Waals surface area (Å²) in [5.74, 6) is 0.197. The fourth-order valence-electron chi connectivity index (χ4n) is 1.12. The standard InChI is InChI=1S/C11H15NO.ClH/c1-9(12-2)8-11(13)10-6-4-3-5-7-10;/h3-7,9,12H,8H2,1-2H3;1H. The van der Waals surface area contributed by atoms with Crippen molar-refractivity contribution in [3.63, 3.8) is 0 Å². The third-order valence-corrected chi connectivity index (χ3v) is 2.08. The summed E-state index contributed by atoms with van der Waals surface area (Å²) in [6.07, 6.45) is 0.556. The first kappa shape index (κ1) is 13.1. The van der Waals surface area contributed by atoms with Crippen molar-refractivity contribution in [3.05, 3.63) is 35.9 Å². The van der Waals surface area contributed by atoms with E-state index < -0.39 is 0 Å². The van der Waals surface area contributed by atoms with Crippen molar-refractivity contribution < 1.29 is 4.79 Å². The Labute approximate surface area is 91.1 Å². The first-order chi connectivity index (χ1) is 6.24. The van der Waals surface area contributed by atoms with E-state index in [1.54, 1.807) is 0 Å². The largest absolute Gasteiger partial charge is 0.317 e. The SMILES string of the molecule is CNC(C)CC(=O)c1ccccc1.Cl. The zero-order valence-electron chi connectivity index (χ0n) is 8.49. The van der Waals surface area contributed by atoms with E-state index in [0.29, 0.717) is 6.42 Å². The van der Waals surface area contributed by atoms with Gasteiger partial charge in [-0.15, -0.1) is 12.4 Å². The molecule has 1 aromatic rings. The van der Waals surface area contributed by atoms with Gasteiger partial charge in [0.1, 0.15) is 0 Å². The van der Waals surface area contributed by atoms with Gasteiger partial charge in [-0.05, 0) is 14.0 Å². The molecule has 0 aliphatic rings. The molecule has 1 aromatic carbocycles. The van der Waals surface area contributed by atoms with Crippen LogP contribution in [0.4, 0.5) is 0 Å². The van der Waals surface area contributed by atoms with Crippen LogP contribution in [0.25, 0.3) is 0 Å². The summed E-state index contributed by atoms with van der Waals surface area (Å²) >= 11 is 0. The summed E-state index contributed by atoms with van der Waals surface area (Å²) < 4.78 is 0. The molecule has 0 fully saturated rings. The van der Waals surface area contributed by atoms with Gasteiger partial charge >= 0.3 is 0 Å². The summed E-state index contributed by atoms with van der Waals surface area (Å²) in [6.45, 7) is 2.00. The van der Waals surface area contributed by atoms with Crippen LogP contribution in [0, 0.1) is 0 Å². The highest BCUT2D eigenvalue weighted by Crippen LogP contribution is 2.04. The van der Waals surface area contributed by atoms with Crippen LogP contribution < -0.4 is 5.32 Å². The average Bonchev–Trinajstić information content (AvgIpc) is 2.19. The van der Waals surface area contributed by atoms with Crippen molar-refractivity contribution in [2.75, 3.05) is 7.05 Å². The molecule has 0 aliphatic carbocycles. The minimum atomic E-state index is 0. The van der Waals surface area contributed by atoms with Gasteiger partial charge in [-0.1, -0.05) is 30.3 Å². The lowest BCUT2D eigenvalue weighted by Crippen LogP contribution is -2.24. The van der Waals surface area contributed by atoms with Crippen LogP contribution in [-0.4, -0.2) is 18.9 Å². The van der Waals surface area contributed by atoms with Gasteiger partial charge in [0.15, 0.2) is 5.78 Å². The van der Waals surface area contributed by atoms with E-state index >= 15 is 0 Å². The average molecular weight is 214 g/mol. The van der Waals surface area contributed by atoms with E-state index in [9.17, 15) is 4.79 Å². The summed E-state index contributed by atoms with van der Waals surface area (Å²) in [4.78, 5) is 11.6. The molecule has 1 rings (SSSR count). The summed E-state index contributed by atoms with van der Waals surface area (Å²) in [5, 5.41) is 3.04. The molecule has 3 heteroatoms. The quantitative estimate of drug-likeness (QED) is 0.778. The Morgan fingerprint density at radius 2 is 1.93 bits per heavy atom. The first-order valence-electron chi connectivity index (χ1n) is 4.49. The van der Waals surface area contributed by atoms with Gasteiger partial charge < -0.3 is 5.32 Å². The van der Waals surface area contributed by atoms with E-state index in [2.05, 4.69) is 5.32 Å². The Balaban J connectivity index is 0.00000169. The van der Waals surface area contributed by atoms with Crippen molar-refractivity contribution in [3.8, 4) is 0 Å². The van der Waals surface area contributed by atoms with Gasteiger partial charge in [-0.25, -0.2) is 0 Å². The summed E-state index contributed by atoms with van der Waals surface area (Å²) in [7, 11) is 1.86. The fourth-order valence-corrected chi connectivity index (χ4v) is 1.12. The van der Waals surface area contributed by atoms with Gasteiger partial charge in [0.2, 0.25) is 0 Å². The van der Waals surface area contributed by atoms with E-state index in [-0.39, 0.29) is 24.2 Å². The summed E-state index contributed by atoms with van der Waals surface area (Å²) in [6, 6.07) is 9.63. The molecule has 1 N–H and O–H groups in total. The van der Waals surface area contributed by atoms with Crippen LogP contribution in [0.2, 0.25) is 0 Å². The highest BCUT2D eigenvalue weighted by molar-refractivity contribution is 5.96. The van der Waals surface area contributed by atoms with Crippen molar-refractivity contribution in [2.45, 2.75) is 19.4 Å². The maximum Gasteiger partial charge on any atom is 0.164 e. The molecule has 2 nitrogen and oxygen atoms in total. The predicted molar refractivity (Wildman–Crippen MR) is 61.2 cm³/mol. The number of Topliss-reactive ketones (excluding diaryl/α,β-unsaturated/α-hetero) is 1. The van der Waals surface area contributed by atoms with Gasteiger partial charge in [0, 0.05) is 18.0 Å². The maximum absolute atomic E-state index is 11.6. The molecule has 78 valence electrons. The molecular weight excluding hydrogens is 198 g/mol. The monoisotopic (exact) mass is 213 g/mol. The fraction of sp³-hybridized carbons (Fsp3) is 0.364. The lowest BCUT2D eigenvalue weighted by Gasteiger charge is -2.08. The second kappa shape index (κ2) is 6.57. The van der Waals surface area contributed by atoms with E-state index in [1.165, 1.54) is 0 Å². The van der Waals surface area contributed by atoms with Crippen molar-refractivity contribution in [2.24, 2.45) is 0 Å². The molecule has 1 atom stereocenters. The van der Waals surface area contributed by atoms with Crippen molar-refractivity contribution >= 4 is 18.2 Å². The first-order valence-corrected chi connectivity index (χ1v) is 4.49. The smallest absolute Gasteiger partial charge is 0.164 e. The number of benzene rings is 1. The van der Waals surface area contributed by atoms with Crippen molar-refractivity contribution in [1.29, 1.82) is 0 Å². The van der Waals surface area contributed by atoms with E-state index in [4.69, 9.17) is 0 Å². The molecule has 0 radical (unpaired) electrons. The number of hydrogen-bond acceptors (Lipinski definition) is 2. The summed E-state index contributed by atoms with van der Waals surface area (Å²) in [5.41, 5.74) is 0.796. The molecule has 0 bridgehead atoms.